The summed E-state index contributed by atoms with van der Waals surface area (Å²) in [6.07, 6.45) is 3.94. The summed E-state index contributed by atoms with van der Waals surface area (Å²) in [6, 6.07) is -0.485. The standard InChI is InChI=1S/C10H21NO3/c1-3-4-5-7-14-8-6-9(11-2)10(12)13/h9,11H,3-8H2,1-2H3,(H,12,13). The van der Waals surface area contributed by atoms with Crippen molar-refractivity contribution in [2.45, 2.75) is 38.6 Å². The average Bonchev–Trinajstić information content (AvgIpc) is 2.16. The molecule has 1 unspecified atom stereocenters. The van der Waals surface area contributed by atoms with Crippen molar-refractivity contribution < 1.29 is 14.6 Å². The van der Waals surface area contributed by atoms with E-state index in [-0.39, 0.29) is 0 Å². The van der Waals surface area contributed by atoms with Crippen LogP contribution in [0.25, 0.3) is 0 Å². The molecule has 0 amide bonds. The fourth-order valence-electron chi connectivity index (χ4n) is 1.15. The van der Waals surface area contributed by atoms with Crippen LogP contribution < -0.4 is 5.32 Å². The summed E-state index contributed by atoms with van der Waals surface area (Å²) in [7, 11) is 1.65. The van der Waals surface area contributed by atoms with Gasteiger partial charge in [0, 0.05) is 13.2 Å². The molecule has 0 aromatic heterocycles. The summed E-state index contributed by atoms with van der Waals surface area (Å²) in [5.41, 5.74) is 0. The zero-order chi connectivity index (χ0) is 10.8. The molecule has 2 N–H and O–H groups in total. The van der Waals surface area contributed by atoms with E-state index >= 15 is 0 Å². The van der Waals surface area contributed by atoms with E-state index < -0.39 is 12.0 Å². The molecule has 0 fully saturated rings. The van der Waals surface area contributed by atoms with E-state index in [1.165, 1.54) is 12.8 Å². The number of nitrogens with one attached hydrogen (secondary N) is 1. The molecular formula is C10H21NO3. The predicted molar refractivity (Wildman–Crippen MR) is 55.4 cm³/mol. The van der Waals surface area contributed by atoms with Crippen molar-refractivity contribution in [3.63, 3.8) is 0 Å². The van der Waals surface area contributed by atoms with Crippen molar-refractivity contribution in [3.8, 4) is 0 Å². The van der Waals surface area contributed by atoms with Crippen LogP contribution in [0.4, 0.5) is 0 Å². The molecule has 0 radical (unpaired) electrons. The lowest BCUT2D eigenvalue weighted by Crippen LogP contribution is -2.34. The second-order valence-electron chi connectivity index (χ2n) is 3.29. The van der Waals surface area contributed by atoms with E-state index in [1.807, 2.05) is 0 Å². The molecule has 0 saturated carbocycles. The SMILES string of the molecule is CCCCCOCCC(NC)C(=O)O. The van der Waals surface area contributed by atoms with Crippen LogP contribution in [0.2, 0.25) is 0 Å². The van der Waals surface area contributed by atoms with Gasteiger partial charge in [0.2, 0.25) is 0 Å². The van der Waals surface area contributed by atoms with Crippen LogP contribution in [-0.4, -0.2) is 37.4 Å². The van der Waals surface area contributed by atoms with Gasteiger partial charge in [-0.3, -0.25) is 4.79 Å². The summed E-state index contributed by atoms with van der Waals surface area (Å²) in [4.78, 5) is 10.6. The molecule has 1 atom stereocenters. The largest absolute Gasteiger partial charge is 0.480 e. The minimum Gasteiger partial charge on any atom is -0.480 e. The topological polar surface area (TPSA) is 58.6 Å². The van der Waals surface area contributed by atoms with E-state index in [9.17, 15) is 4.79 Å². The van der Waals surface area contributed by atoms with Gasteiger partial charge in [-0.15, -0.1) is 0 Å². The van der Waals surface area contributed by atoms with Gasteiger partial charge in [-0.2, -0.15) is 0 Å². The summed E-state index contributed by atoms with van der Waals surface area (Å²) < 4.78 is 5.31. The molecule has 0 heterocycles. The smallest absolute Gasteiger partial charge is 0.320 e. The number of likely N-dealkylation sites (N-methyl/N-ethyl adjacent to an activating group) is 1. The minimum absolute atomic E-state index is 0.485. The van der Waals surface area contributed by atoms with Gasteiger partial charge < -0.3 is 15.2 Å². The number of ether oxygens (including phenoxy) is 1. The number of aliphatic carboxylic acids is 1. The van der Waals surface area contributed by atoms with Gasteiger partial charge in [0.25, 0.3) is 0 Å². The average molecular weight is 203 g/mol. The van der Waals surface area contributed by atoms with Crippen molar-refractivity contribution in [2.24, 2.45) is 0 Å². The van der Waals surface area contributed by atoms with Crippen LogP contribution in [0.3, 0.4) is 0 Å². The second-order valence-corrected chi connectivity index (χ2v) is 3.29. The van der Waals surface area contributed by atoms with Gasteiger partial charge in [0.1, 0.15) is 6.04 Å². The van der Waals surface area contributed by atoms with E-state index in [0.29, 0.717) is 13.0 Å². The molecule has 84 valence electrons. The lowest BCUT2D eigenvalue weighted by molar-refractivity contribution is -0.139. The maximum Gasteiger partial charge on any atom is 0.320 e. The Kier molecular flexibility index (Phi) is 8.57. The molecule has 0 aliphatic rings. The normalized spacial score (nSPS) is 12.7. The Bertz CT molecular complexity index is 150. The molecular weight excluding hydrogens is 182 g/mol. The molecule has 0 rings (SSSR count). The summed E-state index contributed by atoms with van der Waals surface area (Å²) in [6.45, 7) is 3.40. The highest BCUT2D eigenvalue weighted by atomic mass is 16.5. The molecule has 0 aliphatic heterocycles. The number of unbranched alkanes of at least 4 members (excludes halogenated alkanes) is 2. The Morgan fingerprint density at radius 1 is 1.43 bits per heavy atom. The van der Waals surface area contributed by atoms with Gasteiger partial charge >= 0.3 is 5.97 Å². The quantitative estimate of drug-likeness (QED) is 0.554. The lowest BCUT2D eigenvalue weighted by Gasteiger charge is -2.10. The van der Waals surface area contributed by atoms with Crippen molar-refractivity contribution in [1.82, 2.24) is 5.32 Å². The molecule has 0 bridgehead atoms. The van der Waals surface area contributed by atoms with Crippen molar-refractivity contribution in [3.05, 3.63) is 0 Å². The Balaban J connectivity index is 3.29. The van der Waals surface area contributed by atoms with Crippen LogP contribution in [0.5, 0.6) is 0 Å². The molecule has 0 saturated heterocycles. The van der Waals surface area contributed by atoms with Crippen LogP contribution in [-0.2, 0) is 9.53 Å². The van der Waals surface area contributed by atoms with Crippen LogP contribution in [0, 0.1) is 0 Å². The zero-order valence-electron chi connectivity index (χ0n) is 9.08. The predicted octanol–water partition coefficient (Wildman–Crippen LogP) is 1.26. The van der Waals surface area contributed by atoms with Crippen molar-refractivity contribution in [2.75, 3.05) is 20.3 Å². The maximum absolute atomic E-state index is 10.6. The number of hydrogen-bond donors (Lipinski definition) is 2. The number of carboxylic acids is 1. The molecule has 4 heteroatoms. The molecule has 0 spiro atoms. The molecule has 0 aromatic rings. The summed E-state index contributed by atoms with van der Waals surface area (Å²) in [5.74, 6) is -0.815. The van der Waals surface area contributed by atoms with Crippen molar-refractivity contribution >= 4 is 5.97 Å². The number of hydrogen-bond acceptors (Lipinski definition) is 3. The van der Waals surface area contributed by atoms with E-state index in [0.717, 1.165) is 13.0 Å². The van der Waals surface area contributed by atoms with Gasteiger partial charge in [0.05, 0.1) is 0 Å². The van der Waals surface area contributed by atoms with E-state index in [4.69, 9.17) is 9.84 Å². The Morgan fingerprint density at radius 2 is 2.14 bits per heavy atom. The summed E-state index contributed by atoms with van der Waals surface area (Å²) in [5, 5.41) is 11.4. The maximum atomic E-state index is 10.6. The van der Waals surface area contributed by atoms with E-state index in [1.54, 1.807) is 7.05 Å². The Hall–Kier alpha value is -0.610. The van der Waals surface area contributed by atoms with Crippen molar-refractivity contribution in [1.29, 1.82) is 0 Å². The highest BCUT2D eigenvalue weighted by Crippen LogP contribution is 1.97. The van der Waals surface area contributed by atoms with Gasteiger partial charge in [0.15, 0.2) is 0 Å². The first-order chi connectivity index (χ1) is 6.72. The molecule has 4 nitrogen and oxygen atoms in total. The summed E-state index contributed by atoms with van der Waals surface area (Å²) >= 11 is 0. The third kappa shape index (κ3) is 6.86. The van der Waals surface area contributed by atoms with Gasteiger partial charge in [-0.05, 0) is 19.9 Å². The number of rotatable bonds is 9. The van der Waals surface area contributed by atoms with Crippen LogP contribution >= 0.6 is 0 Å². The Morgan fingerprint density at radius 3 is 2.64 bits per heavy atom. The number of carbonyl (C=O) groups is 1. The van der Waals surface area contributed by atoms with E-state index in [2.05, 4.69) is 12.2 Å². The third-order valence-corrected chi connectivity index (χ3v) is 2.09. The fourth-order valence-corrected chi connectivity index (χ4v) is 1.15. The van der Waals surface area contributed by atoms with Crippen LogP contribution in [0.1, 0.15) is 32.6 Å². The Labute approximate surface area is 85.6 Å². The molecule has 0 aliphatic carbocycles. The third-order valence-electron chi connectivity index (χ3n) is 2.09. The van der Waals surface area contributed by atoms with Gasteiger partial charge in [-0.1, -0.05) is 19.8 Å². The zero-order valence-corrected chi connectivity index (χ0v) is 9.08. The van der Waals surface area contributed by atoms with Gasteiger partial charge in [-0.25, -0.2) is 0 Å². The lowest BCUT2D eigenvalue weighted by atomic mass is 10.2. The fraction of sp³-hybridized carbons (Fsp3) is 0.900. The number of carboxylic acid groups (broad SMARTS) is 1. The highest BCUT2D eigenvalue weighted by molar-refractivity contribution is 5.73. The monoisotopic (exact) mass is 203 g/mol. The molecule has 0 aromatic carbocycles. The first-order valence-corrected chi connectivity index (χ1v) is 5.20. The molecule has 14 heavy (non-hydrogen) atoms. The first kappa shape index (κ1) is 13.4. The van der Waals surface area contributed by atoms with Crippen LogP contribution in [0.15, 0.2) is 0 Å². The highest BCUT2D eigenvalue weighted by Gasteiger charge is 2.13. The first-order valence-electron chi connectivity index (χ1n) is 5.20. The second kappa shape index (κ2) is 8.97. The minimum atomic E-state index is -0.815.